The quantitative estimate of drug-likeness (QED) is 0.290. The molecule has 0 N–H and O–H groups in total. The average Bonchev–Trinajstić information content (AvgIpc) is 3.18. The molecule has 0 fully saturated rings. The first-order chi connectivity index (χ1) is 14.6. The van der Waals surface area contributed by atoms with Crippen molar-refractivity contribution in [3.05, 3.63) is 96.6 Å². The molecule has 160 valence electrons. The molecular weight excluding hydrogens is 489 g/mol. The Morgan fingerprint density at radius 1 is 0.839 bits per heavy atom. The fraction of sp³-hybridized carbons (Fsp3) is 0.308. The summed E-state index contributed by atoms with van der Waals surface area (Å²) in [5.74, 6) is -2.39. The van der Waals surface area contributed by atoms with E-state index in [-0.39, 0.29) is 9.19 Å². The molecule has 4 rings (SSSR count). The molecular formula is C26H27F3SiZr. The third kappa shape index (κ3) is 3.72. The summed E-state index contributed by atoms with van der Waals surface area (Å²) < 4.78 is 44.3. The van der Waals surface area contributed by atoms with Crippen molar-refractivity contribution in [3.63, 3.8) is 0 Å². The number of halogens is 3. The topological polar surface area (TPSA) is 0 Å². The van der Waals surface area contributed by atoms with Crippen LogP contribution in [0.1, 0.15) is 48.0 Å². The van der Waals surface area contributed by atoms with Crippen molar-refractivity contribution in [1.29, 1.82) is 0 Å². The van der Waals surface area contributed by atoms with Crippen molar-refractivity contribution in [2.75, 3.05) is 0 Å². The van der Waals surface area contributed by atoms with Crippen LogP contribution in [-0.4, -0.2) is 5.43 Å². The Kier molecular flexibility index (Phi) is 6.22. The molecule has 0 aliphatic heterocycles. The van der Waals surface area contributed by atoms with Crippen LogP contribution in [-0.2, 0) is 20.4 Å². The Bertz CT molecular complexity index is 1230. The fourth-order valence-corrected chi connectivity index (χ4v) is 24.8. The van der Waals surface area contributed by atoms with E-state index in [0.29, 0.717) is 17.6 Å². The van der Waals surface area contributed by atoms with Gasteiger partial charge in [0.25, 0.3) is 0 Å². The normalized spacial score (nSPS) is 20.4. The van der Waals surface area contributed by atoms with E-state index in [0.717, 1.165) is 11.6 Å². The third-order valence-corrected chi connectivity index (χ3v) is 25.6. The van der Waals surface area contributed by atoms with Gasteiger partial charge in [-0.25, -0.2) is 0 Å². The van der Waals surface area contributed by atoms with Gasteiger partial charge in [0.15, 0.2) is 0 Å². The molecule has 0 amide bonds. The minimum absolute atomic E-state index is 0.160. The summed E-state index contributed by atoms with van der Waals surface area (Å²) in [7, 11) is 0. The van der Waals surface area contributed by atoms with E-state index in [1.54, 1.807) is 3.28 Å². The number of rotatable bonds is 3. The predicted octanol–water partition coefficient (Wildman–Crippen LogP) is 7.72. The van der Waals surface area contributed by atoms with Crippen LogP contribution in [0.5, 0.6) is 0 Å². The van der Waals surface area contributed by atoms with Gasteiger partial charge in [0.05, 0.1) is 0 Å². The van der Waals surface area contributed by atoms with Crippen molar-refractivity contribution in [2.24, 2.45) is 5.92 Å². The van der Waals surface area contributed by atoms with Crippen molar-refractivity contribution in [2.45, 2.75) is 44.4 Å². The number of allylic oxidation sites excluding steroid dienone is 5. The predicted molar refractivity (Wildman–Crippen MR) is 120 cm³/mol. The molecule has 0 spiro atoms. The molecule has 0 saturated carbocycles. The first kappa shape index (κ1) is 22.7. The molecule has 31 heavy (non-hydrogen) atoms. The van der Waals surface area contributed by atoms with Crippen LogP contribution < -0.4 is 0 Å². The zero-order valence-corrected chi connectivity index (χ0v) is 22.3. The number of benzene rings is 2. The Morgan fingerprint density at radius 2 is 1.48 bits per heavy atom. The fourth-order valence-electron chi connectivity index (χ4n) is 5.11. The number of hydrogen-bond acceptors (Lipinski definition) is 0. The molecule has 2 aromatic rings. The van der Waals surface area contributed by atoms with E-state index in [4.69, 9.17) is 0 Å². The molecule has 2 aliphatic carbocycles. The van der Waals surface area contributed by atoms with Gasteiger partial charge >= 0.3 is 191 Å². The van der Waals surface area contributed by atoms with Crippen molar-refractivity contribution in [1.82, 2.24) is 0 Å². The van der Waals surface area contributed by atoms with Crippen LogP contribution in [0, 0.1) is 23.4 Å². The maximum absolute atomic E-state index is 14.7. The van der Waals surface area contributed by atoms with Gasteiger partial charge in [0, 0.05) is 0 Å². The standard InChI is InChI=1S/C15H8F3.C9H13.C2H6Si.Zr/c16-13-8-15(18)14(17)7-12(13)11-6-5-9-3-1-2-4-10(9)11;1-6-5-7(2)9(4)8(6)3;1-3-2;/h1-8H;6H,1-4H3;1-2H3;. The molecule has 2 atom stereocenters. The van der Waals surface area contributed by atoms with Crippen LogP contribution in [0.3, 0.4) is 0 Å². The molecule has 2 unspecified atom stereocenters. The molecule has 0 saturated heterocycles. The Hall–Kier alpha value is -1.45. The van der Waals surface area contributed by atoms with Gasteiger partial charge in [-0.3, -0.25) is 0 Å². The van der Waals surface area contributed by atoms with Gasteiger partial charge in [-0.15, -0.1) is 0 Å². The summed E-state index contributed by atoms with van der Waals surface area (Å²) in [5.41, 5.74) is 6.84. The third-order valence-electron chi connectivity index (χ3n) is 7.00. The van der Waals surface area contributed by atoms with Crippen molar-refractivity contribution >= 4 is 11.0 Å². The molecule has 2 aliphatic rings. The number of fused-ring (bicyclic) bond motifs is 1. The van der Waals surface area contributed by atoms with Crippen LogP contribution in [0.15, 0.2) is 62.5 Å². The van der Waals surface area contributed by atoms with E-state index < -0.39 is 43.3 Å². The van der Waals surface area contributed by atoms with E-state index in [9.17, 15) is 13.2 Å². The zero-order chi connectivity index (χ0) is 22.6. The van der Waals surface area contributed by atoms with Crippen LogP contribution in [0.4, 0.5) is 13.2 Å². The zero-order valence-electron chi connectivity index (χ0n) is 18.8. The second-order valence-electron chi connectivity index (χ2n) is 8.87. The molecule has 0 heterocycles. The Balaban J connectivity index is 1.94. The molecule has 0 bridgehead atoms. The summed E-state index contributed by atoms with van der Waals surface area (Å²) in [4.78, 5) is 0. The van der Waals surface area contributed by atoms with Gasteiger partial charge in [-0.05, 0) is 0 Å². The van der Waals surface area contributed by atoms with Crippen LogP contribution >= 0.6 is 0 Å². The SMILES string of the molecule is CC1=C(C)C(C)[C]([Zr]([CH]2C=C(c3cc(F)c(F)cc3F)c3ccccc32)=[Si](C)C)=C1C. The molecule has 0 radical (unpaired) electrons. The second-order valence-corrected chi connectivity index (χ2v) is 26.3. The van der Waals surface area contributed by atoms with Crippen molar-refractivity contribution in [3.8, 4) is 0 Å². The van der Waals surface area contributed by atoms with Crippen LogP contribution in [0.25, 0.3) is 5.57 Å². The van der Waals surface area contributed by atoms with Crippen molar-refractivity contribution < 1.29 is 33.5 Å². The number of hydrogen-bond donors (Lipinski definition) is 0. The monoisotopic (exact) mass is 514 g/mol. The summed E-state index contributed by atoms with van der Waals surface area (Å²) in [6.45, 7) is 13.9. The summed E-state index contributed by atoms with van der Waals surface area (Å²) in [6, 6.07) is 9.80. The first-order valence-corrected chi connectivity index (χ1v) is 19.5. The Morgan fingerprint density at radius 3 is 2.10 bits per heavy atom. The molecule has 0 nitrogen and oxygen atoms in total. The molecule has 0 aromatic heterocycles. The molecule has 5 heteroatoms. The van der Waals surface area contributed by atoms with Gasteiger partial charge in [0.1, 0.15) is 0 Å². The minimum atomic E-state index is -2.22. The first-order valence-electron chi connectivity index (χ1n) is 10.7. The van der Waals surface area contributed by atoms with Gasteiger partial charge in [0.2, 0.25) is 0 Å². The van der Waals surface area contributed by atoms with E-state index in [2.05, 4.69) is 52.9 Å². The van der Waals surface area contributed by atoms with E-state index >= 15 is 0 Å². The van der Waals surface area contributed by atoms with E-state index in [1.807, 2.05) is 18.2 Å². The van der Waals surface area contributed by atoms with Gasteiger partial charge < -0.3 is 0 Å². The molecule has 2 aromatic carbocycles. The van der Waals surface area contributed by atoms with Gasteiger partial charge in [-0.1, -0.05) is 0 Å². The summed E-state index contributed by atoms with van der Waals surface area (Å²) in [6.07, 6.45) is 2.18. The van der Waals surface area contributed by atoms with Crippen LogP contribution in [0.2, 0.25) is 13.1 Å². The van der Waals surface area contributed by atoms with E-state index in [1.165, 1.54) is 22.3 Å². The summed E-state index contributed by atoms with van der Waals surface area (Å²) in [5, 5.41) is 0. The average molecular weight is 516 g/mol. The maximum atomic E-state index is 14.7. The summed E-state index contributed by atoms with van der Waals surface area (Å²) >= 11 is -2.22. The Labute approximate surface area is 190 Å². The second kappa shape index (κ2) is 8.48. The van der Waals surface area contributed by atoms with Gasteiger partial charge in [-0.2, -0.15) is 0 Å².